The highest BCUT2D eigenvalue weighted by Gasteiger charge is 2.17. The van der Waals surface area contributed by atoms with Gasteiger partial charge in [-0.25, -0.2) is 27.5 Å². The molecular formula is C19H17FN4O3S. The lowest BCUT2D eigenvalue weighted by molar-refractivity contribution is 0.102. The SMILES string of the molecule is Cc1cc(C)nc(NS(=O)(=O)c2ccc(NC(=O)c3ccccc3F)cc2)n1. The van der Waals surface area contributed by atoms with Crippen LogP contribution in [0.2, 0.25) is 0 Å². The van der Waals surface area contributed by atoms with Crippen molar-refractivity contribution < 1.29 is 17.6 Å². The molecule has 0 spiro atoms. The molecule has 0 saturated carbocycles. The first kappa shape index (κ1) is 19.4. The molecule has 0 unspecified atom stereocenters. The zero-order valence-corrected chi connectivity index (χ0v) is 15.9. The van der Waals surface area contributed by atoms with Crippen LogP contribution >= 0.6 is 0 Å². The number of amides is 1. The Kier molecular flexibility index (Phi) is 5.36. The van der Waals surface area contributed by atoms with Crippen LogP contribution in [0.15, 0.2) is 59.5 Å². The molecule has 1 heterocycles. The third kappa shape index (κ3) is 4.49. The van der Waals surface area contributed by atoms with Gasteiger partial charge >= 0.3 is 0 Å². The molecule has 0 aliphatic heterocycles. The number of hydrogen-bond acceptors (Lipinski definition) is 5. The highest BCUT2D eigenvalue weighted by molar-refractivity contribution is 7.92. The fourth-order valence-corrected chi connectivity index (χ4v) is 3.46. The molecular weight excluding hydrogens is 383 g/mol. The summed E-state index contributed by atoms with van der Waals surface area (Å²) >= 11 is 0. The molecule has 7 nitrogen and oxygen atoms in total. The molecule has 0 atom stereocenters. The van der Waals surface area contributed by atoms with Crippen LogP contribution in [0.1, 0.15) is 21.7 Å². The maximum Gasteiger partial charge on any atom is 0.264 e. The summed E-state index contributed by atoms with van der Waals surface area (Å²) < 4.78 is 41.0. The Hall–Kier alpha value is -3.33. The first-order chi connectivity index (χ1) is 13.2. The Morgan fingerprint density at radius 3 is 2.18 bits per heavy atom. The van der Waals surface area contributed by atoms with Crippen LogP contribution < -0.4 is 10.0 Å². The van der Waals surface area contributed by atoms with Crippen molar-refractivity contribution in [2.75, 3.05) is 10.0 Å². The second-order valence-electron chi connectivity index (χ2n) is 6.04. The van der Waals surface area contributed by atoms with Gasteiger partial charge < -0.3 is 5.32 Å². The Morgan fingerprint density at radius 2 is 1.57 bits per heavy atom. The Morgan fingerprint density at radius 1 is 0.964 bits per heavy atom. The monoisotopic (exact) mass is 400 g/mol. The predicted octanol–water partition coefficient (Wildman–Crippen LogP) is 3.29. The number of halogens is 1. The van der Waals surface area contributed by atoms with Crippen molar-refractivity contribution in [3.63, 3.8) is 0 Å². The second-order valence-corrected chi connectivity index (χ2v) is 7.72. The van der Waals surface area contributed by atoms with Crippen LogP contribution in [0.3, 0.4) is 0 Å². The Labute approximate surface area is 161 Å². The number of sulfonamides is 1. The van der Waals surface area contributed by atoms with Crippen LogP contribution in [0.25, 0.3) is 0 Å². The lowest BCUT2D eigenvalue weighted by Crippen LogP contribution is -2.16. The summed E-state index contributed by atoms with van der Waals surface area (Å²) in [7, 11) is -3.90. The third-order valence-electron chi connectivity index (χ3n) is 3.75. The fourth-order valence-electron chi connectivity index (χ4n) is 2.51. The molecule has 2 N–H and O–H groups in total. The summed E-state index contributed by atoms with van der Waals surface area (Å²) in [6, 6.07) is 12.8. The first-order valence-corrected chi connectivity index (χ1v) is 9.74. The van der Waals surface area contributed by atoms with Gasteiger partial charge in [-0.3, -0.25) is 4.79 Å². The molecule has 144 valence electrons. The third-order valence-corrected chi connectivity index (χ3v) is 5.09. The van der Waals surface area contributed by atoms with Gasteiger partial charge in [0.15, 0.2) is 0 Å². The molecule has 0 aliphatic rings. The van der Waals surface area contributed by atoms with Crippen molar-refractivity contribution in [2.45, 2.75) is 18.7 Å². The average molecular weight is 400 g/mol. The number of benzene rings is 2. The van der Waals surface area contributed by atoms with E-state index in [-0.39, 0.29) is 16.4 Å². The van der Waals surface area contributed by atoms with E-state index in [2.05, 4.69) is 20.0 Å². The van der Waals surface area contributed by atoms with Crippen molar-refractivity contribution in [2.24, 2.45) is 0 Å². The number of aromatic nitrogens is 2. The van der Waals surface area contributed by atoms with E-state index in [1.807, 2.05) is 0 Å². The number of carbonyl (C=O) groups is 1. The van der Waals surface area contributed by atoms with Crippen LogP contribution in [0.4, 0.5) is 16.0 Å². The largest absolute Gasteiger partial charge is 0.322 e. The van der Waals surface area contributed by atoms with Gasteiger partial charge in [-0.15, -0.1) is 0 Å². The molecule has 1 aromatic heterocycles. The average Bonchev–Trinajstić information content (AvgIpc) is 2.61. The fraction of sp³-hybridized carbons (Fsp3) is 0.105. The van der Waals surface area contributed by atoms with Crippen LogP contribution in [0.5, 0.6) is 0 Å². The van der Waals surface area contributed by atoms with E-state index in [0.29, 0.717) is 17.1 Å². The molecule has 2 aromatic carbocycles. The molecule has 1 amide bonds. The van der Waals surface area contributed by atoms with Gasteiger partial charge in [-0.1, -0.05) is 12.1 Å². The van der Waals surface area contributed by atoms with Gasteiger partial charge in [0.25, 0.3) is 15.9 Å². The maximum atomic E-state index is 13.7. The number of anilines is 2. The van der Waals surface area contributed by atoms with E-state index in [1.165, 1.54) is 42.5 Å². The molecule has 3 rings (SSSR count). The van der Waals surface area contributed by atoms with Gasteiger partial charge in [0.2, 0.25) is 5.95 Å². The minimum Gasteiger partial charge on any atom is -0.322 e. The van der Waals surface area contributed by atoms with E-state index >= 15 is 0 Å². The smallest absolute Gasteiger partial charge is 0.264 e. The first-order valence-electron chi connectivity index (χ1n) is 8.26. The van der Waals surface area contributed by atoms with E-state index < -0.39 is 21.7 Å². The molecule has 9 heteroatoms. The number of nitrogens with one attached hydrogen (secondary N) is 2. The maximum absolute atomic E-state index is 13.7. The van der Waals surface area contributed by atoms with Crippen LogP contribution in [0, 0.1) is 19.7 Å². The number of hydrogen-bond donors (Lipinski definition) is 2. The van der Waals surface area contributed by atoms with E-state index in [4.69, 9.17) is 0 Å². The van der Waals surface area contributed by atoms with Gasteiger partial charge in [-0.2, -0.15) is 0 Å². The molecule has 0 radical (unpaired) electrons. The summed E-state index contributed by atoms with van der Waals surface area (Å²) in [5.74, 6) is -1.29. The van der Waals surface area contributed by atoms with Crippen molar-refractivity contribution in [3.05, 3.63) is 77.4 Å². The Bertz CT molecular complexity index is 1110. The van der Waals surface area contributed by atoms with E-state index in [9.17, 15) is 17.6 Å². The number of nitrogens with zero attached hydrogens (tertiary/aromatic N) is 2. The summed E-state index contributed by atoms with van der Waals surface area (Å²) in [6.45, 7) is 3.47. The van der Waals surface area contributed by atoms with E-state index in [0.717, 1.165) is 0 Å². The summed E-state index contributed by atoms with van der Waals surface area (Å²) in [5.41, 5.74) is 1.50. The van der Waals surface area contributed by atoms with Crippen molar-refractivity contribution >= 4 is 27.6 Å². The quantitative estimate of drug-likeness (QED) is 0.684. The minimum atomic E-state index is -3.90. The Balaban J connectivity index is 1.76. The van der Waals surface area contributed by atoms with Gasteiger partial charge in [0, 0.05) is 17.1 Å². The molecule has 0 aliphatic carbocycles. The molecule has 0 saturated heterocycles. The van der Waals surface area contributed by atoms with Gasteiger partial charge in [-0.05, 0) is 56.3 Å². The standard InChI is InChI=1S/C19H17FN4O3S/c1-12-11-13(2)22-19(21-12)24-28(26,27)15-9-7-14(8-10-15)23-18(25)16-5-3-4-6-17(16)20/h3-11H,1-2H3,(H,23,25)(H,21,22,24). The zero-order chi connectivity index (χ0) is 20.3. The van der Waals surface area contributed by atoms with E-state index in [1.54, 1.807) is 26.0 Å². The van der Waals surface area contributed by atoms with Crippen LogP contribution in [-0.4, -0.2) is 24.3 Å². The van der Waals surface area contributed by atoms with Gasteiger partial charge in [0.1, 0.15) is 5.82 Å². The summed E-state index contributed by atoms with van der Waals surface area (Å²) in [6.07, 6.45) is 0. The predicted molar refractivity (Wildman–Crippen MR) is 103 cm³/mol. The molecule has 0 fully saturated rings. The lowest BCUT2D eigenvalue weighted by Gasteiger charge is -2.09. The van der Waals surface area contributed by atoms with Crippen molar-refractivity contribution in [3.8, 4) is 0 Å². The lowest BCUT2D eigenvalue weighted by atomic mass is 10.2. The topological polar surface area (TPSA) is 101 Å². The second kappa shape index (κ2) is 7.73. The van der Waals surface area contributed by atoms with Crippen molar-refractivity contribution in [1.29, 1.82) is 0 Å². The van der Waals surface area contributed by atoms with Crippen LogP contribution in [-0.2, 0) is 10.0 Å². The van der Waals surface area contributed by atoms with Crippen molar-refractivity contribution in [1.82, 2.24) is 9.97 Å². The molecule has 3 aromatic rings. The highest BCUT2D eigenvalue weighted by atomic mass is 32.2. The molecule has 0 bridgehead atoms. The number of aryl methyl sites for hydroxylation is 2. The molecule has 28 heavy (non-hydrogen) atoms. The summed E-state index contributed by atoms with van der Waals surface area (Å²) in [4.78, 5) is 20.2. The minimum absolute atomic E-state index is 0.0190. The highest BCUT2D eigenvalue weighted by Crippen LogP contribution is 2.18. The normalized spacial score (nSPS) is 11.1. The zero-order valence-electron chi connectivity index (χ0n) is 15.1. The summed E-state index contributed by atoms with van der Waals surface area (Å²) in [5, 5.41) is 2.52. The number of carbonyl (C=O) groups excluding carboxylic acids is 1. The number of rotatable bonds is 5. The van der Waals surface area contributed by atoms with Gasteiger partial charge in [0.05, 0.1) is 10.5 Å².